The molecule has 0 spiro atoms. The lowest BCUT2D eigenvalue weighted by atomic mass is 9.98. The van der Waals surface area contributed by atoms with Crippen molar-refractivity contribution in [2.45, 2.75) is 25.7 Å². The van der Waals surface area contributed by atoms with Crippen molar-refractivity contribution in [2.24, 2.45) is 0 Å². The Kier molecular flexibility index (Phi) is 5.06. The van der Waals surface area contributed by atoms with Crippen molar-refractivity contribution in [3.63, 3.8) is 0 Å². The van der Waals surface area contributed by atoms with Crippen LogP contribution >= 0.6 is 0 Å². The first-order valence-corrected chi connectivity index (χ1v) is 10.7. The molecule has 0 saturated carbocycles. The molecule has 2 aliphatic rings. The molecule has 1 fully saturated rings. The monoisotopic (exact) mass is 395 g/mol. The van der Waals surface area contributed by atoms with E-state index in [2.05, 4.69) is 28.4 Å². The van der Waals surface area contributed by atoms with E-state index >= 15 is 0 Å². The summed E-state index contributed by atoms with van der Waals surface area (Å²) in [6, 6.07) is 16.1. The number of para-hydroxylation sites is 1. The highest BCUT2D eigenvalue weighted by Crippen LogP contribution is 2.28. The van der Waals surface area contributed by atoms with Gasteiger partial charge in [-0.25, -0.2) is 0 Å². The zero-order valence-corrected chi connectivity index (χ0v) is 17.0. The van der Waals surface area contributed by atoms with Gasteiger partial charge in [-0.2, -0.15) is 0 Å². The molecule has 4 nitrogen and oxygen atoms in total. The molecular formula is C26H25N3O. The molecule has 1 amide bonds. The minimum atomic E-state index is -0.0953. The van der Waals surface area contributed by atoms with Gasteiger partial charge in [0.1, 0.15) is 0 Å². The van der Waals surface area contributed by atoms with Crippen molar-refractivity contribution < 1.29 is 4.79 Å². The number of pyridine rings is 1. The van der Waals surface area contributed by atoms with Gasteiger partial charge in [-0.05, 0) is 49.6 Å². The minimum Gasteiger partial charge on any atom is -0.372 e. The maximum absolute atomic E-state index is 13.4. The van der Waals surface area contributed by atoms with Crippen LogP contribution in [0, 0.1) is 0 Å². The van der Waals surface area contributed by atoms with E-state index in [-0.39, 0.29) is 5.91 Å². The van der Waals surface area contributed by atoms with Crippen LogP contribution in [0.4, 0.5) is 11.4 Å². The predicted molar refractivity (Wildman–Crippen MR) is 124 cm³/mol. The second-order valence-electron chi connectivity index (χ2n) is 7.90. The Morgan fingerprint density at radius 3 is 2.57 bits per heavy atom. The number of amides is 1. The van der Waals surface area contributed by atoms with Gasteiger partial charge in [-0.1, -0.05) is 42.5 Å². The molecule has 2 aromatic carbocycles. The van der Waals surface area contributed by atoms with Crippen LogP contribution in [0.25, 0.3) is 17.0 Å². The highest BCUT2D eigenvalue weighted by Gasteiger charge is 2.19. The van der Waals surface area contributed by atoms with E-state index in [1.54, 1.807) is 0 Å². The molecule has 1 aromatic heterocycles. The Morgan fingerprint density at radius 2 is 1.73 bits per heavy atom. The Labute approximate surface area is 176 Å². The molecule has 2 heterocycles. The molecule has 3 aromatic rings. The van der Waals surface area contributed by atoms with E-state index in [1.165, 1.54) is 24.9 Å². The van der Waals surface area contributed by atoms with E-state index in [4.69, 9.17) is 4.98 Å². The molecule has 1 N–H and O–H groups in total. The number of allylic oxidation sites excluding steroid dienone is 3. The van der Waals surface area contributed by atoms with Gasteiger partial charge in [0.15, 0.2) is 0 Å². The highest BCUT2D eigenvalue weighted by molar-refractivity contribution is 6.15. The Morgan fingerprint density at radius 1 is 0.933 bits per heavy atom. The molecule has 5 rings (SSSR count). The van der Waals surface area contributed by atoms with Gasteiger partial charge in [0.25, 0.3) is 5.91 Å². The number of carbonyl (C=O) groups excluding carboxylic acids is 1. The minimum absolute atomic E-state index is 0.0953. The summed E-state index contributed by atoms with van der Waals surface area (Å²) in [4.78, 5) is 20.6. The maximum Gasteiger partial charge on any atom is 0.257 e. The van der Waals surface area contributed by atoms with Crippen molar-refractivity contribution in [1.82, 2.24) is 4.98 Å². The average Bonchev–Trinajstić information content (AvgIpc) is 3.03. The third-order valence-corrected chi connectivity index (χ3v) is 5.90. The van der Waals surface area contributed by atoms with Crippen LogP contribution in [-0.2, 0) is 6.42 Å². The summed E-state index contributed by atoms with van der Waals surface area (Å²) >= 11 is 0. The normalized spacial score (nSPS) is 15.7. The second-order valence-corrected chi connectivity index (χ2v) is 7.90. The topological polar surface area (TPSA) is 45.2 Å². The van der Waals surface area contributed by atoms with Crippen LogP contribution in [0.5, 0.6) is 0 Å². The van der Waals surface area contributed by atoms with Gasteiger partial charge < -0.3 is 10.2 Å². The summed E-state index contributed by atoms with van der Waals surface area (Å²) in [7, 11) is 0. The van der Waals surface area contributed by atoms with Crippen molar-refractivity contribution in [3.8, 4) is 0 Å². The number of carbonyl (C=O) groups is 1. The SMILES string of the molecule is O=C(Nc1ccc(N2CCCCC2)cc1)c1c2c(nc3ccccc13)CC=CC=C2. The number of hydrogen-bond donors (Lipinski definition) is 1. The Hall–Kier alpha value is -3.40. The lowest BCUT2D eigenvalue weighted by molar-refractivity contribution is 0.102. The van der Waals surface area contributed by atoms with Gasteiger partial charge in [0.05, 0.1) is 16.8 Å². The molecule has 0 unspecified atom stereocenters. The van der Waals surface area contributed by atoms with Gasteiger partial charge in [0, 0.05) is 41.8 Å². The van der Waals surface area contributed by atoms with Crippen LogP contribution < -0.4 is 10.2 Å². The van der Waals surface area contributed by atoms with E-state index in [9.17, 15) is 4.79 Å². The van der Waals surface area contributed by atoms with Crippen molar-refractivity contribution in [1.29, 1.82) is 0 Å². The van der Waals surface area contributed by atoms with E-state index < -0.39 is 0 Å². The molecule has 1 aliphatic heterocycles. The van der Waals surface area contributed by atoms with Crippen molar-refractivity contribution >= 4 is 34.3 Å². The number of nitrogens with one attached hydrogen (secondary N) is 1. The quantitative estimate of drug-likeness (QED) is 0.628. The predicted octanol–water partition coefficient (Wildman–Crippen LogP) is 5.60. The number of hydrogen-bond acceptors (Lipinski definition) is 3. The van der Waals surface area contributed by atoms with Gasteiger partial charge >= 0.3 is 0 Å². The number of piperidine rings is 1. The number of fused-ring (bicyclic) bond motifs is 2. The lowest BCUT2D eigenvalue weighted by Gasteiger charge is -2.28. The number of anilines is 2. The zero-order valence-electron chi connectivity index (χ0n) is 17.0. The first-order valence-electron chi connectivity index (χ1n) is 10.7. The molecule has 1 saturated heterocycles. The van der Waals surface area contributed by atoms with E-state index in [0.29, 0.717) is 5.56 Å². The van der Waals surface area contributed by atoms with Crippen LogP contribution in [-0.4, -0.2) is 24.0 Å². The summed E-state index contributed by atoms with van der Waals surface area (Å²) in [5, 5.41) is 3.99. The fourth-order valence-corrected chi connectivity index (χ4v) is 4.37. The second kappa shape index (κ2) is 8.15. The molecule has 0 bridgehead atoms. The zero-order chi connectivity index (χ0) is 20.3. The highest BCUT2D eigenvalue weighted by atomic mass is 16.1. The van der Waals surface area contributed by atoms with Crippen molar-refractivity contribution in [3.05, 3.63) is 83.6 Å². The van der Waals surface area contributed by atoms with Crippen LogP contribution in [0.15, 0.2) is 66.8 Å². The standard InChI is InChI=1S/C26H25N3O/c30-26(27-19-13-15-20(16-14-19)29-17-7-2-8-18-29)25-21-9-3-1-4-11-23(21)28-24-12-6-5-10-22(24)25/h1,3-6,9-10,12-16H,2,7-8,11,17-18H2,(H,27,30). The third-order valence-electron chi connectivity index (χ3n) is 5.90. The summed E-state index contributed by atoms with van der Waals surface area (Å²) in [5.74, 6) is -0.0953. The Balaban J connectivity index is 1.47. The number of benzene rings is 2. The number of rotatable bonds is 3. The summed E-state index contributed by atoms with van der Waals surface area (Å²) < 4.78 is 0. The molecule has 1 aliphatic carbocycles. The summed E-state index contributed by atoms with van der Waals surface area (Å²) in [6.07, 6.45) is 12.6. The van der Waals surface area contributed by atoms with Gasteiger partial charge in [0.2, 0.25) is 0 Å². The van der Waals surface area contributed by atoms with Crippen LogP contribution in [0.1, 0.15) is 40.9 Å². The summed E-state index contributed by atoms with van der Waals surface area (Å²) in [5.41, 5.74) is 5.42. The maximum atomic E-state index is 13.4. The summed E-state index contributed by atoms with van der Waals surface area (Å²) in [6.45, 7) is 2.22. The van der Waals surface area contributed by atoms with Crippen molar-refractivity contribution in [2.75, 3.05) is 23.3 Å². The Bertz CT molecular complexity index is 1140. The van der Waals surface area contributed by atoms with Gasteiger partial charge in [-0.3, -0.25) is 9.78 Å². The first-order chi connectivity index (χ1) is 14.8. The molecule has 30 heavy (non-hydrogen) atoms. The molecule has 4 heteroatoms. The lowest BCUT2D eigenvalue weighted by Crippen LogP contribution is -2.29. The van der Waals surface area contributed by atoms with E-state index in [1.807, 2.05) is 54.6 Å². The van der Waals surface area contributed by atoms with Crippen LogP contribution in [0.2, 0.25) is 0 Å². The molecule has 150 valence electrons. The number of nitrogens with zero attached hydrogens (tertiary/aromatic N) is 2. The first kappa shape index (κ1) is 18.6. The number of aromatic nitrogens is 1. The average molecular weight is 396 g/mol. The molecule has 0 atom stereocenters. The fourth-order valence-electron chi connectivity index (χ4n) is 4.37. The third kappa shape index (κ3) is 3.61. The smallest absolute Gasteiger partial charge is 0.257 e. The largest absolute Gasteiger partial charge is 0.372 e. The van der Waals surface area contributed by atoms with Gasteiger partial charge in [-0.15, -0.1) is 0 Å². The van der Waals surface area contributed by atoms with Crippen LogP contribution in [0.3, 0.4) is 0 Å². The molecule has 0 radical (unpaired) electrons. The van der Waals surface area contributed by atoms with E-state index in [0.717, 1.165) is 47.4 Å². The fraction of sp³-hybridized carbons (Fsp3) is 0.231. The molecular weight excluding hydrogens is 370 g/mol.